The van der Waals surface area contributed by atoms with Crippen LogP contribution in [0.1, 0.15) is 49.9 Å². The Hall–Kier alpha value is -3.92. The van der Waals surface area contributed by atoms with Gasteiger partial charge in [-0.25, -0.2) is 0 Å². The first-order chi connectivity index (χ1) is 19.3. The van der Waals surface area contributed by atoms with E-state index in [1.807, 2.05) is 0 Å². The second kappa shape index (κ2) is 9.06. The first-order valence-corrected chi connectivity index (χ1v) is 14.1. The maximum Gasteiger partial charge on any atom is 0.494 e. The minimum atomic E-state index is -0.396. The Labute approximate surface area is 237 Å². The molecule has 2 nitrogen and oxygen atoms in total. The van der Waals surface area contributed by atoms with Crippen LogP contribution in [0.25, 0.3) is 22.3 Å². The Morgan fingerprint density at radius 1 is 0.475 bits per heavy atom. The lowest BCUT2D eigenvalue weighted by Gasteiger charge is -2.34. The Balaban J connectivity index is 1.41. The topological polar surface area (TPSA) is 18.5 Å². The zero-order valence-corrected chi connectivity index (χ0v) is 23.5. The fraction of sp³-hybridized carbons (Fsp3) is 0.189. The minimum absolute atomic E-state index is 0.363. The molecular weight excluding hydrogens is 487 g/mol. The van der Waals surface area contributed by atoms with Crippen LogP contribution < -0.4 is 5.46 Å². The summed E-state index contributed by atoms with van der Waals surface area (Å²) in [5, 5.41) is 0. The van der Waals surface area contributed by atoms with Crippen molar-refractivity contribution in [3.05, 3.63) is 150 Å². The summed E-state index contributed by atoms with van der Waals surface area (Å²) in [7, 11) is -0.370. The van der Waals surface area contributed by atoms with E-state index in [4.69, 9.17) is 9.31 Å². The molecule has 0 radical (unpaired) electrons. The van der Waals surface area contributed by atoms with Crippen LogP contribution in [0.15, 0.2) is 127 Å². The van der Waals surface area contributed by atoms with Crippen molar-refractivity contribution < 1.29 is 9.31 Å². The van der Waals surface area contributed by atoms with Crippen LogP contribution in [0, 0.1) is 0 Å². The van der Waals surface area contributed by atoms with Gasteiger partial charge in [-0.3, -0.25) is 0 Å². The highest BCUT2D eigenvalue weighted by Gasteiger charge is 2.52. The molecule has 0 N–H and O–H groups in total. The van der Waals surface area contributed by atoms with Crippen LogP contribution in [-0.2, 0) is 14.7 Å². The van der Waals surface area contributed by atoms with Gasteiger partial charge < -0.3 is 9.31 Å². The maximum atomic E-state index is 6.32. The third-order valence-corrected chi connectivity index (χ3v) is 9.23. The summed E-state index contributed by atoms with van der Waals surface area (Å²) in [5.41, 5.74) is 10.1. The van der Waals surface area contributed by atoms with Gasteiger partial charge in [-0.1, -0.05) is 127 Å². The predicted octanol–water partition coefficient (Wildman–Crippen LogP) is 8.02. The standard InChI is InChI=1S/C37H33BO2/c1-35(2)36(3,4)40-38(39-35)29-24-22-26(23-25-29)30-19-13-21-33-34(30)31-18-11-12-20-32(31)37(33,27-14-7-5-8-15-27)28-16-9-6-10-17-28/h5-25H,1-4H3. The van der Waals surface area contributed by atoms with Gasteiger partial charge in [-0.2, -0.15) is 0 Å². The van der Waals surface area contributed by atoms with E-state index in [1.165, 1.54) is 44.5 Å². The summed E-state index contributed by atoms with van der Waals surface area (Å²) in [5.74, 6) is 0. The van der Waals surface area contributed by atoms with Crippen LogP contribution in [0.5, 0.6) is 0 Å². The molecule has 1 fully saturated rings. The third-order valence-electron chi connectivity index (χ3n) is 9.23. The molecule has 5 aromatic carbocycles. The Kier molecular flexibility index (Phi) is 5.68. The van der Waals surface area contributed by atoms with Gasteiger partial charge in [0.05, 0.1) is 16.6 Å². The molecule has 1 aliphatic heterocycles. The molecule has 3 heteroatoms. The second-order valence-corrected chi connectivity index (χ2v) is 12.0. The van der Waals surface area contributed by atoms with Crippen molar-refractivity contribution in [2.75, 3.05) is 0 Å². The lowest BCUT2D eigenvalue weighted by Crippen LogP contribution is -2.41. The highest BCUT2D eigenvalue weighted by atomic mass is 16.7. The van der Waals surface area contributed by atoms with Crippen LogP contribution in [0.3, 0.4) is 0 Å². The van der Waals surface area contributed by atoms with Gasteiger partial charge in [-0.15, -0.1) is 0 Å². The average molecular weight is 520 g/mol. The van der Waals surface area contributed by atoms with Gasteiger partial charge >= 0.3 is 7.12 Å². The Bertz CT molecular complexity index is 1630. The van der Waals surface area contributed by atoms with E-state index in [2.05, 4.69) is 155 Å². The smallest absolute Gasteiger partial charge is 0.399 e. The highest BCUT2D eigenvalue weighted by molar-refractivity contribution is 6.62. The molecule has 2 aliphatic rings. The first kappa shape index (κ1) is 25.1. The van der Waals surface area contributed by atoms with Gasteiger partial charge in [0.25, 0.3) is 0 Å². The molecule has 1 heterocycles. The van der Waals surface area contributed by atoms with Crippen molar-refractivity contribution in [2.45, 2.75) is 44.3 Å². The monoisotopic (exact) mass is 520 g/mol. The molecule has 5 aromatic rings. The van der Waals surface area contributed by atoms with Crippen LogP contribution in [0.4, 0.5) is 0 Å². The highest BCUT2D eigenvalue weighted by Crippen LogP contribution is 2.58. The van der Waals surface area contributed by atoms with Gasteiger partial charge in [0.15, 0.2) is 0 Å². The average Bonchev–Trinajstić information content (AvgIpc) is 3.41. The van der Waals surface area contributed by atoms with E-state index in [0.29, 0.717) is 0 Å². The van der Waals surface area contributed by atoms with Crippen LogP contribution in [0.2, 0.25) is 0 Å². The van der Waals surface area contributed by atoms with Crippen molar-refractivity contribution in [3.8, 4) is 22.3 Å². The first-order valence-electron chi connectivity index (χ1n) is 14.1. The molecule has 0 bridgehead atoms. The fourth-order valence-electron chi connectivity index (χ4n) is 6.53. The van der Waals surface area contributed by atoms with Gasteiger partial charge in [0.1, 0.15) is 0 Å². The lowest BCUT2D eigenvalue weighted by molar-refractivity contribution is 0.00578. The van der Waals surface area contributed by atoms with E-state index in [9.17, 15) is 0 Å². The lowest BCUT2D eigenvalue weighted by atomic mass is 9.67. The van der Waals surface area contributed by atoms with E-state index in [-0.39, 0.29) is 18.3 Å². The van der Waals surface area contributed by atoms with Crippen molar-refractivity contribution >= 4 is 12.6 Å². The summed E-state index contributed by atoms with van der Waals surface area (Å²) >= 11 is 0. The van der Waals surface area contributed by atoms with E-state index in [0.717, 1.165) is 5.46 Å². The third kappa shape index (κ3) is 3.58. The SMILES string of the molecule is CC1(C)OB(c2ccc(-c3cccc4c3-c3ccccc3C4(c3ccccc3)c3ccccc3)cc2)OC1(C)C. The second-order valence-electron chi connectivity index (χ2n) is 12.0. The molecule has 0 aromatic heterocycles. The van der Waals surface area contributed by atoms with Gasteiger partial charge in [0, 0.05) is 0 Å². The predicted molar refractivity (Wildman–Crippen MR) is 165 cm³/mol. The van der Waals surface area contributed by atoms with Crippen molar-refractivity contribution in [1.29, 1.82) is 0 Å². The summed E-state index contributed by atoms with van der Waals surface area (Å²) in [6.07, 6.45) is 0. The van der Waals surface area contributed by atoms with E-state index >= 15 is 0 Å². The number of hydrogen-bond donors (Lipinski definition) is 0. The number of fused-ring (bicyclic) bond motifs is 3. The fourth-order valence-corrected chi connectivity index (χ4v) is 6.53. The number of benzene rings is 5. The molecule has 1 aliphatic carbocycles. The molecule has 0 spiro atoms. The van der Waals surface area contributed by atoms with Crippen LogP contribution in [-0.4, -0.2) is 18.3 Å². The van der Waals surface area contributed by atoms with E-state index < -0.39 is 5.41 Å². The summed E-state index contributed by atoms with van der Waals surface area (Å²) in [6.45, 7) is 8.38. The summed E-state index contributed by atoms with van der Waals surface area (Å²) in [4.78, 5) is 0. The molecule has 0 atom stereocenters. The summed E-state index contributed by atoms with van der Waals surface area (Å²) in [6, 6.07) is 46.3. The largest absolute Gasteiger partial charge is 0.494 e. The Morgan fingerprint density at radius 3 is 1.57 bits per heavy atom. The molecule has 0 unspecified atom stereocenters. The van der Waals surface area contributed by atoms with Gasteiger partial charge in [0.2, 0.25) is 0 Å². The van der Waals surface area contributed by atoms with Crippen LogP contribution >= 0.6 is 0 Å². The van der Waals surface area contributed by atoms with E-state index in [1.54, 1.807) is 0 Å². The quantitative estimate of drug-likeness (QED) is 0.219. The van der Waals surface area contributed by atoms with Crippen molar-refractivity contribution in [3.63, 3.8) is 0 Å². The molecule has 40 heavy (non-hydrogen) atoms. The van der Waals surface area contributed by atoms with Gasteiger partial charge in [-0.05, 0) is 77.7 Å². The zero-order chi connectivity index (χ0) is 27.5. The molecule has 0 saturated carbocycles. The van der Waals surface area contributed by atoms with Crippen molar-refractivity contribution in [1.82, 2.24) is 0 Å². The molecule has 0 amide bonds. The molecule has 7 rings (SSSR count). The maximum absolute atomic E-state index is 6.32. The summed E-state index contributed by atoms with van der Waals surface area (Å²) < 4.78 is 12.6. The molecule has 196 valence electrons. The normalized spacial score (nSPS) is 17.9. The zero-order valence-electron chi connectivity index (χ0n) is 23.5. The Morgan fingerprint density at radius 2 is 0.975 bits per heavy atom. The molecular formula is C37H33BO2. The minimum Gasteiger partial charge on any atom is -0.399 e. The van der Waals surface area contributed by atoms with Crippen molar-refractivity contribution in [2.24, 2.45) is 0 Å². The number of hydrogen-bond acceptors (Lipinski definition) is 2. The number of rotatable bonds is 4. The molecule has 1 saturated heterocycles.